The van der Waals surface area contributed by atoms with Crippen LogP contribution in [0.25, 0.3) is 0 Å². The van der Waals surface area contributed by atoms with E-state index in [1.165, 1.54) is 7.11 Å². The van der Waals surface area contributed by atoms with E-state index in [1.807, 2.05) is 19.1 Å². The molecule has 1 heterocycles. The van der Waals surface area contributed by atoms with E-state index in [0.717, 1.165) is 5.56 Å². The van der Waals surface area contributed by atoms with Crippen molar-refractivity contribution < 1.29 is 19.1 Å². The molecule has 1 aliphatic heterocycles. The molecule has 3 unspecified atom stereocenters. The minimum Gasteiger partial charge on any atom is -0.489 e. The highest BCUT2D eigenvalue weighted by Crippen LogP contribution is 2.40. The molecular weight excluding hydrogens is 258 g/mol. The van der Waals surface area contributed by atoms with Crippen molar-refractivity contribution in [2.75, 3.05) is 7.11 Å². The highest BCUT2D eigenvalue weighted by atomic mass is 16.5. The summed E-state index contributed by atoms with van der Waals surface area (Å²) in [6.07, 6.45) is 0.0389. The van der Waals surface area contributed by atoms with Crippen molar-refractivity contribution in [2.24, 2.45) is 0 Å². The molecule has 1 aromatic rings. The fourth-order valence-corrected chi connectivity index (χ4v) is 2.27. The largest absolute Gasteiger partial charge is 0.489 e. The third-order valence-corrected chi connectivity index (χ3v) is 3.69. The molecule has 0 spiro atoms. The van der Waals surface area contributed by atoms with Gasteiger partial charge in [-0.05, 0) is 19.9 Å². The summed E-state index contributed by atoms with van der Waals surface area (Å²) in [6.45, 7) is 5.62. The van der Waals surface area contributed by atoms with Gasteiger partial charge >= 0.3 is 5.97 Å². The van der Waals surface area contributed by atoms with Crippen LogP contribution in [0.4, 0.5) is 0 Å². The summed E-state index contributed by atoms with van der Waals surface area (Å²) in [7, 11) is 1.29. The zero-order valence-corrected chi connectivity index (χ0v) is 12.1. The first kappa shape index (κ1) is 14.4. The summed E-state index contributed by atoms with van der Waals surface area (Å²) in [4.78, 5) is 23.6. The molecule has 3 atom stereocenters. The summed E-state index contributed by atoms with van der Waals surface area (Å²) >= 11 is 0. The number of amides is 1. The summed E-state index contributed by atoms with van der Waals surface area (Å²) in [5, 5.41) is 2.61. The van der Waals surface area contributed by atoms with Gasteiger partial charge in [0, 0.05) is 11.5 Å². The molecule has 108 valence electrons. The predicted octanol–water partition coefficient (Wildman–Crippen LogP) is 1.86. The quantitative estimate of drug-likeness (QED) is 0.857. The van der Waals surface area contributed by atoms with Gasteiger partial charge in [0.2, 0.25) is 0 Å². The number of benzene rings is 1. The van der Waals surface area contributed by atoms with E-state index < -0.39 is 12.0 Å². The number of fused-ring (bicyclic) bond motifs is 1. The third kappa shape index (κ3) is 2.48. The van der Waals surface area contributed by atoms with E-state index in [9.17, 15) is 9.59 Å². The van der Waals surface area contributed by atoms with Gasteiger partial charge < -0.3 is 14.8 Å². The highest BCUT2D eigenvalue weighted by Gasteiger charge is 2.31. The molecule has 0 fully saturated rings. The fourth-order valence-electron chi connectivity index (χ4n) is 2.27. The second-order valence-corrected chi connectivity index (χ2v) is 5.05. The molecule has 0 saturated heterocycles. The van der Waals surface area contributed by atoms with Crippen LogP contribution >= 0.6 is 0 Å². The molecule has 1 aromatic carbocycles. The Morgan fingerprint density at radius 1 is 1.35 bits per heavy atom. The van der Waals surface area contributed by atoms with Gasteiger partial charge in [-0.1, -0.05) is 19.1 Å². The average Bonchev–Trinajstić information content (AvgIpc) is 2.73. The molecule has 1 aliphatic rings. The number of hydrogen-bond acceptors (Lipinski definition) is 4. The Morgan fingerprint density at radius 2 is 2.05 bits per heavy atom. The van der Waals surface area contributed by atoms with Crippen molar-refractivity contribution in [3.8, 4) is 5.75 Å². The van der Waals surface area contributed by atoms with Gasteiger partial charge in [-0.15, -0.1) is 0 Å². The Bertz CT molecular complexity index is 541. The van der Waals surface area contributed by atoms with Crippen molar-refractivity contribution in [3.05, 3.63) is 29.3 Å². The van der Waals surface area contributed by atoms with Gasteiger partial charge in [-0.2, -0.15) is 0 Å². The molecule has 20 heavy (non-hydrogen) atoms. The van der Waals surface area contributed by atoms with E-state index in [-0.39, 0.29) is 17.9 Å². The lowest BCUT2D eigenvalue weighted by atomic mass is 9.97. The normalized spacial score (nSPS) is 21.6. The van der Waals surface area contributed by atoms with E-state index >= 15 is 0 Å². The lowest BCUT2D eigenvalue weighted by Gasteiger charge is -2.13. The molecule has 2 rings (SSSR count). The van der Waals surface area contributed by atoms with Gasteiger partial charge in [0.1, 0.15) is 17.9 Å². The van der Waals surface area contributed by atoms with Gasteiger partial charge in [-0.25, -0.2) is 4.79 Å². The van der Waals surface area contributed by atoms with Crippen molar-refractivity contribution in [1.29, 1.82) is 0 Å². The lowest BCUT2D eigenvalue weighted by Crippen LogP contribution is -2.39. The van der Waals surface area contributed by atoms with Crippen molar-refractivity contribution >= 4 is 11.9 Å². The Morgan fingerprint density at radius 3 is 2.70 bits per heavy atom. The van der Waals surface area contributed by atoms with Crippen molar-refractivity contribution in [2.45, 2.75) is 38.8 Å². The van der Waals surface area contributed by atoms with E-state index in [1.54, 1.807) is 13.0 Å². The smallest absolute Gasteiger partial charge is 0.328 e. The number of nitrogens with one attached hydrogen (secondary N) is 1. The van der Waals surface area contributed by atoms with Gasteiger partial charge in [0.15, 0.2) is 0 Å². The maximum atomic E-state index is 12.2. The highest BCUT2D eigenvalue weighted by molar-refractivity contribution is 5.99. The average molecular weight is 277 g/mol. The third-order valence-electron chi connectivity index (χ3n) is 3.69. The molecular formula is C15H19NO4. The number of rotatable bonds is 3. The maximum absolute atomic E-state index is 12.2. The van der Waals surface area contributed by atoms with Gasteiger partial charge in [0.25, 0.3) is 5.91 Å². The summed E-state index contributed by atoms with van der Waals surface area (Å²) in [5.74, 6) is 0.0486. The van der Waals surface area contributed by atoms with Crippen LogP contribution in [0.5, 0.6) is 5.75 Å². The van der Waals surface area contributed by atoms with Crippen LogP contribution in [0.2, 0.25) is 0 Å². The standard InChI is InChI=1S/C15H19NO4/c1-8-10(3)20-13-11(8)6-5-7-12(13)14(17)16-9(2)15(18)19-4/h5-10H,1-4H3,(H,16,17). The molecule has 0 radical (unpaired) electrons. The van der Waals surface area contributed by atoms with Crippen LogP contribution in [-0.4, -0.2) is 31.1 Å². The first-order chi connectivity index (χ1) is 9.45. The molecule has 0 aromatic heterocycles. The molecule has 1 amide bonds. The number of hydrogen-bond donors (Lipinski definition) is 1. The fraction of sp³-hybridized carbons (Fsp3) is 0.467. The van der Waals surface area contributed by atoms with Crippen molar-refractivity contribution in [1.82, 2.24) is 5.32 Å². The predicted molar refractivity (Wildman–Crippen MR) is 73.9 cm³/mol. The van der Waals surface area contributed by atoms with Gasteiger partial charge in [0.05, 0.1) is 12.7 Å². The monoisotopic (exact) mass is 277 g/mol. The Kier molecular flexibility index (Phi) is 3.97. The number of carbonyl (C=O) groups excluding carboxylic acids is 2. The van der Waals surface area contributed by atoms with Crippen LogP contribution in [0.3, 0.4) is 0 Å². The zero-order chi connectivity index (χ0) is 14.9. The van der Waals surface area contributed by atoms with Crippen LogP contribution < -0.4 is 10.1 Å². The first-order valence-electron chi connectivity index (χ1n) is 6.64. The second kappa shape index (κ2) is 5.53. The molecule has 0 aliphatic carbocycles. The van der Waals surface area contributed by atoms with E-state index in [2.05, 4.69) is 17.0 Å². The molecule has 5 nitrogen and oxygen atoms in total. The van der Waals surface area contributed by atoms with Crippen LogP contribution in [0.1, 0.15) is 42.6 Å². The molecule has 1 N–H and O–H groups in total. The number of para-hydroxylation sites is 1. The number of esters is 1. The summed E-state index contributed by atoms with van der Waals surface area (Å²) < 4.78 is 10.4. The van der Waals surface area contributed by atoms with Crippen LogP contribution in [0, 0.1) is 0 Å². The Balaban J connectivity index is 2.23. The van der Waals surface area contributed by atoms with Crippen LogP contribution in [-0.2, 0) is 9.53 Å². The first-order valence-corrected chi connectivity index (χ1v) is 6.64. The van der Waals surface area contributed by atoms with Crippen molar-refractivity contribution in [3.63, 3.8) is 0 Å². The second-order valence-electron chi connectivity index (χ2n) is 5.05. The number of carbonyl (C=O) groups is 2. The number of methoxy groups -OCH3 is 1. The van der Waals surface area contributed by atoms with E-state index in [0.29, 0.717) is 11.3 Å². The lowest BCUT2D eigenvalue weighted by molar-refractivity contribution is -0.142. The minimum absolute atomic E-state index is 0.0389. The molecule has 0 saturated carbocycles. The summed E-state index contributed by atoms with van der Waals surface area (Å²) in [5.41, 5.74) is 1.48. The molecule has 0 bridgehead atoms. The minimum atomic E-state index is -0.695. The van der Waals surface area contributed by atoms with Crippen LogP contribution in [0.15, 0.2) is 18.2 Å². The Labute approximate surface area is 118 Å². The Hall–Kier alpha value is -2.04. The van der Waals surface area contributed by atoms with E-state index in [4.69, 9.17) is 4.74 Å². The number of ether oxygens (including phenoxy) is 2. The van der Waals surface area contributed by atoms with Gasteiger partial charge in [-0.3, -0.25) is 4.79 Å². The zero-order valence-electron chi connectivity index (χ0n) is 12.1. The maximum Gasteiger partial charge on any atom is 0.328 e. The topological polar surface area (TPSA) is 64.6 Å². The summed E-state index contributed by atoms with van der Waals surface area (Å²) in [6, 6.07) is 4.79. The molecule has 5 heteroatoms. The SMILES string of the molecule is COC(=O)C(C)NC(=O)c1cccc2c1OC(C)C2C.